The Balaban J connectivity index is 4.39. The molecule has 0 rings (SSSR count). The summed E-state index contributed by atoms with van der Waals surface area (Å²) in [6, 6.07) is 0. The van der Waals surface area contributed by atoms with Crippen LogP contribution >= 0.6 is 0 Å². The van der Waals surface area contributed by atoms with E-state index in [-0.39, 0.29) is 12.3 Å². The zero-order valence-electron chi connectivity index (χ0n) is 9.90. The fraction of sp³-hybridized carbons (Fsp3) is 0.700. The van der Waals surface area contributed by atoms with Gasteiger partial charge in [0.2, 0.25) is 11.8 Å². The van der Waals surface area contributed by atoms with Crippen molar-refractivity contribution in [1.82, 2.24) is 10.8 Å². The molecule has 0 heterocycles. The largest absolute Gasteiger partial charge is 0.480 e. The molecular weight excluding hydrogens is 228 g/mol. The molecule has 2 amide bonds. The minimum absolute atomic E-state index is 0.167. The molecule has 0 aliphatic rings. The van der Waals surface area contributed by atoms with Crippen LogP contribution in [0.3, 0.4) is 0 Å². The lowest BCUT2D eigenvalue weighted by Gasteiger charge is -2.17. The van der Waals surface area contributed by atoms with E-state index in [1.165, 1.54) is 5.48 Å². The van der Waals surface area contributed by atoms with E-state index in [4.69, 9.17) is 10.3 Å². The zero-order valence-corrected chi connectivity index (χ0v) is 9.90. The van der Waals surface area contributed by atoms with Crippen LogP contribution in [0.2, 0.25) is 0 Å². The molecule has 0 saturated heterocycles. The van der Waals surface area contributed by atoms with Crippen LogP contribution in [0.1, 0.15) is 26.7 Å². The van der Waals surface area contributed by atoms with Crippen LogP contribution in [-0.4, -0.2) is 34.6 Å². The van der Waals surface area contributed by atoms with Gasteiger partial charge in [-0.05, 0) is 12.3 Å². The second-order valence-corrected chi connectivity index (χ2v) is 4.18. The van der Waals surface area contributed by atoms with Gasteiger partial charge in [-0.2, -0.15) is 0 Å². The van der Waals surface area contributed by atoms with Crippen LogP contribution in [0.25, 0.3) is 0 Å². The van der Waals surface area contributed by atoms with Crippen molar-refractivity contribution in [3.63, 3.8) is 0 Å². The molecule has 0 radical (unpaired) electrons. The van der Waals surface area contributed by atoms with E-state index in [0.29, 0.717) is 6.42 Å². The molecule has 0 bridgehead atoms. The lowest BCUT2D eigenvalue weighted by molar-refractivity contribution is -0.139. The molecule has 1 atom stereocenters. The maximum atomic E-state index is 11.6. The van der Waals surface area contributed by atoms with Gasteiger partial charge in [-0.15, -0.1) is 0 Å². The Morgan fingerprint density at radius 3 is 2.24 bits per heavy atom. The van der Waals surface area contributed by atoms with Crippen molar-refractivity contribution >= 4 is 17.8 Å². The quantitative estimate of drug-likeness (QED) is 0.365. The summed E-state index contributed by atoms with van der Waals surface area (Å²) in [6.07, 6.45) is 0.277. The topological polar surface area (TPSA) is 116 Å². The molecule has 17 heavy (non-hydrogen) atoms. The Labute approximate surface area is 99.2 Å². The number of nitrogens with one attached hydrogen (secondary N) is 2. The first-order chi connectivity index (χ1) is 7.86. The molecule has 0 unspecified atom stereocenters. The van der Waals surface area contributed by atoms with Gasteiger partial charge < -0.3 is 10.4 Å². The lowest BCUT2D eigenvalue weighted by Crippen LogP contribution is -2.37. The van der Waals surface area contributed by atoms with E-state index < -0.39 is 30.2 Å². The van der Waals surface area contributed by atoms with Crippen LogP contribution in [0, 0.1) is 11.8 Å². The zero-order chi connectivity index (χ0) is 13.4. The summed E-state index contributed by atoms with van der Waals surface area (Å²) in [7, 11) is 0. The van der Waals surface area contributed by atoms with E-state index >= 15 is 0 Å². The average molecular weight is 246 g/mol. The Morgan fingerprint density at radius 2 is 1.82 bits per heavy atom. The van der Waals surface area contributed by atoms with Crippen LogP contribution < -0.4 is 10.8 Å². The molecule has 0 aromatic heterocycles. The number of carboxylic acid groups (broad SMARTS) is 1. The van der Waals surface area contributed by atoms with Crippen molar-refractivity contribution in [2.75, 3.05) is 6.54 Å². The molecular formula is C10H18N2O5. The van der Waals surface area contributed by atoms with Crippen molar-refractivity contribution in [2.24, 2.45) is 11.8 Å². The highest BCUT2D eigenvalue weighted by molar-refractivity contribution is 5.87. The van der Waals surface area contributed by atoms with Crippen molar-refractivity contribution in [3.8, 4) is 0 Å². The van der Waals surface area contributed by atoms with E-state index in [1.807, 2.05) is 13.8 Å². The summed E-state index contributed by atoms with van der Waals surface area (Å²) in [6.45, 7) is 3.29. The number of hydroxylamine groups is 1. The van der Waals surface area contributed by atoms with Gasteiger partial charge in [0.25, 0.3) is 0 Å². The highest BCUT2D eigenvalue weighted by Crippen LogP contribution is 2.15. The van der Waals surface area contributed by atoms with Gasteiger partial charge in [-0.25, -0.2) is 5.48 Å². The summed E-state index contributed by atoms with van der Waals surface area (Å²) in [5, 5.41) is 19.0. The van der Waals surface area contributed by atoms with Crippen LogP contribution in [-0.2, 0) is 14.4 Å². The summed E-state index contributed by atoms with van der Waals surface area (Å²) in [5.41, 5.74) is 1.45. The molecule has 0 saturated carbocycles. The summed E-state index contributed by atoms with van der Waals surface area (Å²) >= 11 is 0. The standard InChI is InChI=1S/C10H18N2O5/c1-6(2)3-7(4-8(13)12-17)10(16)11-5-9(14)15/h6-7,17H,3-5H2,1-2H3,(H,11,16)(H,12,13)(H,14,15)/t7-/m0/s1. The first kappa shape index (κ1) is 15.4. The Hall–Kier alpha value is -1.63. The number of amides is 2. The Morgan fingerprint density at radius 1 is 1.24 bits per heavy atom. The van der Waals surface area contributed by atoms with E-state index in [2.05, 4.69) is 5.32 Å². The molecule has 0 fully saturated rings. The van der Waals surface area contributed by atoms with Crippen molar-refractivity contribution < 1.29 is 24.7 Å². The molecule has 0 spiro atoms. The van der Waals surface area contributed by atoms with E-state index in [0.717, 1.165) is 0 Å². The lowest BCUT2D eigenvalue weighted by atomic mass is 9.93. The van der Waals surface area contributed by atoms with Crippen LogP contribution in [0.4, 0.5) is 0 Å². The number of carbonyl (C=O) groups is 3. The van der Waals surface area contributed by atoms with Gasteiger partial charge >= 0.3 is 5.97 Å². The monoisotopic (exact) mass is 246 g/mol. The van der Waals surface area contributed by atoms with Gasteiger partial charge in [0.05, 0.1) is 0 Å². The molecule has 0 aromatic rings. The Kier molecular flexibility index (Phi) is 6.88. The second-order valence-electron chi connectivity index (χ2n) is 4.18. The molecule has 0 aromatic carbocycles. The number of hydrogen-bond donors (Lipinski definition) is 4. The van der Waals surface area contributed by atoms with Gasteiger partial charge in [0, 0.05) is 12.3 Å². The maximum absolute atomic E-state index is 11.6. The highest BCUT2D eigenvalue weighted by atomic mass is 16.5. The third-order valence-corrected chi connectivity index (χ3v) is 2.10. The van der Waals surface area contributed by atoms with Crippen molar-refractivity contribution in [3.05, 3.63) is 0 Å². The predicted octanol–water partition coefficient (Wildman–Crippen LogP) is -0.255. The van der Waals surface area contributed by atoms with E-state index in [9.17, 15) is 14.4 Å². The van der Waals surface area contributed by atoms with Gasteiger partial charge in [-0.3, -0.25) is 19.6 Å². The summed E-state index contributed by atoms with van der Waals surface area (Å²) in [4.78, 5) is 32.9. The molecule has 0 aliphatic heterocycles. The first-order valence-corrected chi connectivity index (χ1v) is 5.29. The fourth-order valence-electron chi connectivity index (χ4n) is 1.43. The molecule has 4 N–H and O–H groups in total. The molecule has 7 nitrogen and oxygen atoms in total. The predicted molar refractivity (Wildman–Crippen MR) is 58.1 cm³/mol. The average Bonchev–Trinajstić information content (AvgIpc) is 2.23. The van der Waals surface area contributed by atoms with Crippen LogP contribution in [0.15, 0.2) is 0 Å². The Bertz CT molecular complexity index is 290. The maximum Gasteiger partial charge on any atom is 0.322 e. The normalized spacial score (nSPS) is 12.0. The SMILES string of the molecule is CC(C)C[C@@H](CC(=O)NO)C(=O)NCC(=O)O. The molecule has 7 heteroatoms. The highest BCUT2D eigenvalue weighted by Gasteiger charge is 2.23. The van der Waals surface area contributed by atoms with Crippen molar-refractivity contribution in [1.29, 1.82) is 0 Å². The number of rotatable bonds is 7. The molecule has 0 aliphatic carbocycles. The third-order valence-electron chi connectivity index (χ3n) is 2.10. The number of carbonyl (C=O) groups excluding carboxylic acids is 2. The van der Waals surface area contributed by atoms with Gasteiger partial charge in [0.1, 0.15) is 6.54 Å². The van der Waals surface area contributed by atoms with Gasteiger partial charge in [-0.1, -0.05) is 13.8 Å². The third kappa shape index (κ3) is 7.29. The molecule has 98 valence electrons. The van der Waals surface area contributed by atoms with Crippen molar-refractivity contribution in [2.45, 2.75) is 26.7 Å². The van der Waals surface area contributed by atoms with E-state index in [1.54, 1.807) is 0 Å². The smallest absolute Gasteiger partial charge is 0.322 e. The second kappa shape index (κ2) is 7.61. The summed E-state index contributed by atoms with van der Waals surface area (Å²) in [5.74, 6) is -2.76. The minimum Gasteiger partial charge on any atom is -0.480 e. The number of aliphatic carboxylic acids is 1. The fourth-order valence-corrected chi connectivity index (χ4v) is 1.43. The van der Waals surface area contributed by atoms with Crippen LogP contribution in [0.5, 0.6) is 0 Å². The first-order valence-electron chi connectivity index (χ1n) is 5.29. The minimum atomic E-state index is -1.15. The van der Waals surface area contributed by atoms with Gasteiger partial charge in [0.15, 0.2) is 0 Å². The number of hydrogen-bond acceptors (Lipinski definition) is 4. The number of carboxylic acids is 1. The summed E-state index contributed by atoms with van der Waals surface area (Å²) < 4.78 is 0.